The van der Waals surface area contributed by atoms with E-state index in [1.54, 1.807) is 18.2 Å². The third-order valence-corrected chi connectivity index (χ3v) is 4.28. The van der Waals surface area contributed by atoms with Gasteiger partial charge in [-0.05, 0) is 36.1 Å². The molecule has 0 radical (unpaired) electrons. The first-order valence-corrected chi connectivity index (χ1v) is 7.38. The number of rotatable bonds is 4. The minimum absolute atomic E-state index is 0.0423. The Labute approximate surface area is 129 Å². The molecule has 0 fully saturated rings. The summed E-state index contributed by atoms with van der Waals surface area (Å²) in [7, 11) is 0. The largest absolute Gasteiger partial charge is 0.289 e. The van der Waals surface area contributed by atoms with Crippen LogP contribution in [0.25, 0.3) is 0 Å². The van der Waals surface area contributed by atoms with E-state index in [-0.39, 0.29) is 5.78 Å². The maximum absolute atomic E-state index is 12.4. The van der Waals surface area contributed by atoms with Crippen molar-refractivity contribution >= 4 is 29.0 Å². The molecule has 0 spiro atoms. The smallest absolute Gasteiger partial charge is 0.193 e. The van der Waals surface area contributed by atoms with Crippen molar-refractivity contribution in [2.75, 3.05) is 0 Å². The number of benzene rings is 2. The summed E-state index contributed by atoms with van der Waals surface area (Å²) in [4.78, 5) is 12.4. The summed E-state index contributed by atoms with van der Waals surface area (Å²) in [6.45, 7) is 4.33. The summed E-state index contributed by atoms with van der Waals surface area (Å²) < 4.78 is 0. The van der Waals surface area contributed by atoms with Gasteiger partial charge in [-0.15, -0.1) is 0 Å². The van der Waals surface area contributed by atoms with E-state index in [1.165, 1.54) is 5.56 Å². The van der Waals surface area contributed by atoms with Gasteiger partial charge < -0.3 is 0 Å². The average molecular weight is 307 g/mol. The van der Waals surface area contributed by atoms with Gasteiger partial charge in [-0.1, -0.05) is 61.3 Å². The first-order valence-electron chi connectivity index (χ1n) is 6.62. The lowest BCUT2D eigenvalue weighted by atomic mass is 9.95. The molecule has 0 heterocycles. The van der Waals surface area contributed by atoms with Gasteiger partial charge in [0.15, 0.2) is 5.78 Å². The van der Waals surface area contributed by atoms with Gasteiger partial charge in [0.1, 0.15) is 0 Å². The number of ketones is 1. The van der Waals surface area contributed by atoms with Gasteiger partial charge in [-0.25, -0.2) is 0 Å². The summed E-state index contributed by atoms with van der Waals surface area (Å²) in [6.07, 6.45) is 1.08. The molecule has 1 nitrogen and oxygen atoms in total. The molecule has 3 heteroatoms. The highest BCUT2D eigenvalue weighted by atomic mass is 35.5. The number of hydrogen-bond donors (Lipinski definition) is 0. The van der Waals surface area contributed by atoms with Crippen molar-refractivity contribution in [3.05, 3.63) is 69.2 Å². The Morgan fingerprint density at radius 3 is 2.15 bits per heavy atom. The van der Waals surface area contributed by atoms with Crippen molar-refractivity contribution < 1.29 is 4.79 Å². The monoisotopic (exact) mass is 306 g/mol. The van der Waals surface area contributed by atoms with Crippen LogP contribution in [0.2, 0.25) is 10.0 Å². The predicted octanol–water partition coefficient (Wildman–Crippen LogP) is 5.74. The Kier molecular flexibility index (Phi) is 4.85. The van der Waals surface area contributed by atoms with Crippen LogP contribution in [0.15, 0.2) is 42.5 Å². The Morgan fingerprint density at radius 2 is 1.60 bits per heavy atom. The average Bonchev–Trinajstić information content (AvgIpc) is 2.48. The molecule has 2 aromatic carbocycles. The second kappa shape index (κ2) is 6.43. The number of hydrogen-bond acceptors (Lipinski definition) is 1. The predicted molar refractivity (Wildman–Crippen MR) is 85.0 cm³/mol. The van der Waals surface area contributed by atoms with Crippen molar-refractivity contribution in [3.63, 3.8) is 0 Å². The van der Waals surface area contributed by atoms with Crippen molar-refractivity contribution in [2.45, 2.75) is 26.2 Å². The highest BCUT2D eigenvalue weighted by molar-refractivity contribution is 6.42. The van der Waals surface area contributed by atoms with E-state index in [4.69, 9.17) is 23.2 Å². The minimum atomic E-state index is -0.0423. The number of halogens is 2. The quantitative estimate of drug-likeness (QED) is 0.658. The molecule has 0 N–H and O–H groups in total. The fraction of sp³-hybridized carbons (Fsp3) is 0.235. The fourth-order valence-corrected chi connectivity index (χ4v) is 2.30. The molecule has 0 aromatic heterocycles. The second-order valence-corrected chi connectivity index (χ2v) is 5.70. The summed E-state index contributed by atoms with van der Waals surface area (Å²) in [6, 6.07) is 12.7. The molecule has 2 aromatic rings. The third-order valence-electron chi connectivity index (χ3n) is 3.54. The van der Waals surface area contributed by atoms with Gasteiger partial charge in [0.25, 0.3) is 0 Å². The van der Waals surface area contributed by atoms with Crippen molar-refractivity contribution in [1.82, 2.24) is 0 Å². The molecule has 20 heavy (non-hydrogen) atoms. The molecule has 2 rings (SSSR count). The van der Waals surface area contributed by atoms with Crippen molar-refractivity contribution in [2.24, 2.45) is 0 Å². The molecule has 1 unspecified atom stereocenters. The fourth-order valence-electron chi connectivity index (χ4n) is 2.00. The first-order chi connectivity index (χ1) is 9.52. The van der Waals surface area contributed by atoms with Gasteiger partial charge in [0.2, 0.25) is 0 Å². The molecule has 0 saturated carbocycles. The van der Waals surface area contributed by atoms with E-state index in [1.807, 2.05) is 24.3 Å². The van der Waals surface area contributed by atoms with Gasteiger partial charge in [-0.3, -0.25) is 4.79 Å². The maximum Gasteiger partial charge on any atom is 0.193 e. The molecule has 0 bridgehead atoms. The summed E-state index contributed by atoms with van der Waals surface area (Å²) >= 11 is 11.8. The van der Waals surface area contributed by atoms with E-state index in [0.29, 0.717) is 27.1 Å². The lowest BCUT2D eigenvalue weighted by Gasteiger charge is -2.09. The van der Waals surface area contributed by atoms with Gasteiger partial charge in [0.05, 0.1) is 10.0 Å². The molecule has 0 amide bonds. The topological polar surface area (TPSA) is 17.1 Å². The van der Waals surface area contributed by atoms with Crippen molar-refractivity contribution in [3.8, 4) is 0 Å². The zero-order valence-electron chi connectivity index (χ0n) is 11.5. The van der Waals surface area contributed by atoms with E-state index in [9.17, 15) is 4.79 Å². The Hall–Kier alpha value is -1.31. The van der Waals surface area contributed by atoms with Crippen LogP contribution < -0.4 is 0 Å². The summed E-state index contributed by atoms with van der Waals surface area (Å²) in [5.74, 6) is 0.461. The van der Waals surface area contributed by atoms with Gasteiger partial charge in [0, 0.05) is 11.1 Å². The standard InChI is InChI=1S/C17H16Cl2O/c1-3-11(2)12-4-6-13(7-5-12)17(20)14-8-9-15(18)16(19)10-14/h4-11H,3H2,1-2H3. The number of carbonyl (C=O) groups excluding carboxylic acids is 1. The van der Waals surface area contributed by atoms with E-state index < -0.39 is 0 Å². The van der Waals surface area contributed by atoms with Crippen LogP contribution >= 0.6 is 23.2 Å². The van der Waals surface area contributed by atoms with E-state index >= 15 is 0 Å². The minimum Gasteiger partial charge on any atom is -0.289 e. The highest BCUT2D eigenvalue weighted by Gasteiger charge is 2.11. The Bertz CT molecular complexity index is 617. The molecule has 0 saturated heterocycles. The van der Waals surface area contributed by atoms with Crippen LogP contribution in [0, 0.1) is 0 Å². The molecule has 0 aliphatic heterocycles. The molecule has 1 atom stereocenters. The third kappa shape index (κ3) is 3.23. The summed E-state index contributed by atoms with van der Waals surface area (Å²) in [5, 5.41) is 0.851. The van der Waals surface area contributed by atoms with Crippen LogP contribution in [-0.4, -0.2) is 5.78 Å². The van der Waals surface area contributed by atoms with Crippen LogP contribution in [0.3, 0.4) is 0 Å². The van der Waals surface area contributed by atoms with Crippen LogP contribution in [0.4, 0.5) is 0 Å². The highest BCUT2D eigenvalue weighted by Crippen LogP contribution is 2.25. The van der Waals surface area contributed by atoms with Gasteiger partial charge in [-0.2, -0.15) is 0 Å². The zero-order valence-corrected chi connectivity index (χ0v) is 13.0. The van der Waals surface area contributed by atoms with Crippen LogP contribution in [0.5, 0.6) is 0 Å². The van der Waals surface area contributed by atoms with E-state index in [0.717, 1.165) is 6.42 Å². The second-order valence-electron chi connectivity index (χ2n) is 4.89. The first kappa shape index (κ1) is 15.1. The molecule has 0 aliphatic carbocycles. The van der Waals surface area contributed by atoms with Crippen molar-refractivity contribution in [1.29, 1.82) is 0 Å². The van der Waals surface area contributed by atoms with Crippen LogP contribution in [0.1, 0.15) is 47.7 Å². The lowest BCUT2D eigenvalue weighted by Crippen LogP contribution is -2.02. The van der Waals surface area contributed by atoms with Gasteiger partial charge >= 0.3 is 0 Å². The normalized spacial score (nSPS) is 12.2. The molecule has 0 aliphatic rings. The zero-order chi connectivity index (χ0) is 14.7. The lowest BCUT2D eigenvalue weighted by molar-refractivity contribution is 0.103. The Balaban J connectivity index is 2.27. The molecular weight excluding hydrogens is 291 g/mol. The maximum atomic E-state index is 12.4. The summed E-state index contributed by atoms with van der Waals surface area (Å²) in [5.41, 5.74) is 2.46. The van der Waals surface area contributed by atoms with E-state index in [2.05, 4.69) is 13.8 Å². The SMILES string of the molecule is CCC(C)c1ccc(C(=O)c2ccc(Cl)c(Cl)c2)cc1. The molecular formula is C17H16Cl2O. The number of carbonyl (C=O) groups is 1. The van der Waals surface area contributed by atoms with Crippen LogP contribution in [-0.2, 0) is 0 Å². The molecule has 104 valence electrons. The Morgan fingerprint density at radius 1 is 1.00 bits per heavy atom.